The maximum Gasteiger partial charge on any atom is 0.223 e. The van der Waals surface area contributed by atoms with E-state index >= 15 is 0 Å². The Morgan fingerprint density at radius 2 is 1.62 bits per heavy atom. The average molecular weight is 458 g/mol. The Labute approximate surface area is 195 Å². The van der Waals surface area contributed by atoms with Gasteiger partial charge in [-0.25, -0.2) is 9.97 Å². The molecular weight excluding hydrogens is 422 g/mol. The van der Waals surface area contributed by atoms with E-state index in [0.717, 1.165) is 49.3 Å². The Bertz CT molecular complexity index is 909. The van der Waals surface area contributed by atoms with Gasteiger partial charge < -0.3 is 16.4 Å². The van der Waals surface area contributed by atoms with Gasteiger partial charge in [-0.1, -0.05) is 11.6 Å². The van der Waals surface area contributed by atoms with Crippen LogP contribution in [-0.4, -0.2) is 43.9 Å². The Hall–Kier alpha value is -1.70. The van der Waals surface area contributed by atoms with Crippen molar-refractivity contribution in [2.75, 3.05) is 5.32 Å². The van der Waals surface area contributed by atoms with Gasteiger partial charge in [-0.3, -0.25) is 4.68 Å². The van der Waals surface area contributed by atoms with Gasteiger partial charge in [-0.15, -0.1) is 0 Å². The minimum absolute atomic E-state index is 0.404. The summed E-state index contributed by atoms with van der Waals surface area (Å²) < 4.78 is 1.97. The summed E-state index contributed by atoms with van der Waals surface area (Å²) in [6, 6.07) is 2.08. The lowest BCUT2D eigenvalue weighted by atomic mass is 9.87. The zero-order chi connectivity index (χ0) is 22.1. The number of hydrogen-bond acceptors (Lipinski definition) is 6. The molecule has 32 heavy (non-hydrogen) atoms. The third kappa shape index (κ3) is 5.26. The first-order valence-corrected chi connectivity index (χ1v) is 12.7. The molecule has 174 valence electrons. The normalized spacial score (nSPS) is 28.6. The summed E-state index contributed by atoms with van der Waals surface area (Å²) >= 11 is 6.52. The molecule has 0 spiro atoms. The van der Waals surface area contributed by atoms with E-state index in [9.17, 15) is 0 Å². The van der Waals surface area contributed by atoms with Gasteiger partial charge >= 0.3 is 0 Å². The summed E-state index contributed by atoms with van der Waals surface area (Å²) in [7, 11) is 2.00. The summed E-state index contributed by atoms with van der Waals surface area (Å²) in [5, 5.41) is 12.5. The summed E-state index contributed by atoms with van der Waals surface area (Å²) in [5.74, 6) is 1.44. The first-order valence-electron chi connectivity index (χ1n) is 12.4. The molecule has 0 amide bonds. The van der Waals surface area contributed by atoms with Crippen LogP contribution in [0.4, 0.5) is 5.95 Å². The van der Waals surface area contributed by atoms with Crippen molar-refractivity contribution in [2.24, 2.45) is 18.7 Å². The number of aromatic nitrogens is 4. The minimum atomic E-state index is 0.404. The molecule has 2 heterocycles. The second kappa shape index (κ2) is 9.65. The molecule has 0 aliphatic heterocycles. The van der Waals surface area contributed by atoms with Crippen LogP contribution in [0, 0.1) is 5.92 Å². The van der Waals surface area contributed by atoms with Crippen LogP contribution in [-0.2, 0) is 13.5 Å². The molecule has 2 aromatic rings. The number of nitrogens with zero attached hydrogens (tertiary/aromatic N) is 4. The highest BCUT2D eigenvalue weighted by molar-refractivity contribution is 6.32. The van der Waals surface area contributed by atoms with Crippen LogP contribution in [0.5, 0.6) is 0 Å². The lowest BCUT2D eigenvalue weighted by molar-refractivity contribution is 0.272. The number of nitrogens with one attached hydrogen (secondary N) is 2. The molecule has 0 bridgehead atoms. The molecule has 8 heteroatoms. The van der Waals surface area contributed by atoms with Crippen LogP contribution >= 0.6 is 11.6 Å². The fraction of sp³-hybridized carbons (Fsp3) is 0.708. The molecule has 3 fully saturated rings. The van der Waals surface area contributed by atoms with Crippen LogP contribution in [0.3, 0.4) is 0 Å². The molecule has 3 saturated carbocycles. The molecule has 5 rings (SSSR count). The molecule has 3 aliphatic rings. The van der Waals surface area contributed by atoms with E-state index < -0.39 is 0 Å². The highest BCUT2D eigenvalue weighted by atomic mass is 35.5. The van der Waals surface area contributed by atoms with Crippen LogP contribution in [0.25, 0.3) is 11.3 Å². The standard InChI is InChI=1S/C24H36ClN7/c1-32-22(12-15-2-3-15)20(13-28-32)23-21(25)14-27-24(31-23)30-19-10-8-18(9-11-19)29-17-6-4-16(26)5-7-17/h13-19,29H,2-12,26H2,1H3,(H,27,30,31)/t16-,17+,18-,19-. The second-order valence-electron chi connectivity index (χ2n) is 10.1. The molecule has 0 unspecified atom stereocenters. The van der Waals surface area contributed by atoms with Crippen molar-refractivity contribution in [1.82, 2.24) is 25.1 Å². The smallest absolute Gasteiger partial charge is 0.223 e. The molecular formula is C24H36ClN7. The monoisotopic (exact) mass is 457 g/mol. The Morgan fingerprint density at radius 1 is 0.969 bits per heavy atom. The predicted octanol–water partition coefficient (Wildman–Crippen LogP) is 4.07. The molecule has 3 aliphatic carbocycles. The Morgan fingerprint density at radius 3 is 2.31 bits per heavy atom. The van der Waals surface area contributed by atoms with Crippen molar-refractivity contribution >= 4 is 17.5 Å². The third-order valence-electron chi connectivity index (χ3n) is 7.54. The summed E-state index contributed by atoms with van der Waals surface area (Å²) in [6.07, 6.45) is 16.7. The fourth-order valence-corrected chi connectivity index (χ4v) is 5.52. The highest BCUT2D eigenvalue weighted by Crippen LogP contribution is 2.37. The lowest BCUT2D eigenvalue weighted by Gasteiger charge is -2.35. The van der Waals surface area contributed by atoms with Gasteiger partial charge in [0.15, 0.2) is 0 Å². The van der Waals surface area contributed by atoms with E-state index in [1.165, 1.54) is 44.2 Å². The molecule has 0 radical (unpaired) electrons. The Kier molecular flexibility index (Phi) is 6.67. The van der Waals surface area contributed by atoms with Crippen molar-refractivity contribution in [2.45, 2.75) is 94.8 Å². The van der Waals surface area contributed by atoms with E-state index in [0.29, 0.717) is 35.1 Å². The largest absolute Gasteiger partial charge is 0.351 e. The van der Waals surface area contributed by atoms with Gasteiger partial charge in [0.2, 0.25) is 5.95 Å². The molecule has 0 saturated heterocycles. The zero-order valence-corrected chi connectivity index (χ0v) is 19.8. The molecule has 0 atom stereocenters. The minimum Gasteiger partial charge on any atom is -0.351 e. The van der Waals surface area contributed by atoms with Crippen LogP contribution in [0.15, 0.2) is 12.4 Å². The number of hydrogen-bond donors (Lipinski definition) is 3. The van der Waals surface area contributed by atoms with E-state index in [4.69, 9.17) is 22.3 Å². The predicted molar refractivity (Wildman–Crippen MR) is 129 cm³/mol. The Balaban J connectivity index is 1.19. The maximum absolute atomic E-state index is 6.52. The van der Waals surface area contributed by atoms with Gasteiger partial charge in [-0.2, -0.15) is 5.10 Å². The third-order valence-corrected chi connectivity index (χ3v) is 7.82. The highest BCUT2D eigenvalue weighted by Gasteiger charge is 2.28. The quantitative estimate of drug-likeness (QED) is 0.580. The first-order chi connectivity index (χ1) is 15.5. The molecule has 0 aromatic carbocycles. The van der Waals surface area contributed by atoms with E-state index in [2.05, 4.69) is 20.7 Å². The van der Waals surface area contributed by atoms with Crippen molar-refractivity contribution < 1.29 is 0 Å². The van der Waals surface area contributed by atoms with Crippen LogP contribution in [0.2, 0.25) is 5.02 Å². The topological polar surface area (TPSA) is 93.7 Å². The van der Waals surface area contributed by atoms with Crippen LogP contribution < -0.4 is 16.4 Å². The second-order valence-corrected chi connectivity index (χ2v) is 10.5. The lowest BCUT2D eigenvalue weighted by Crippen LogP contribution is -2.45. The van der Waals surface area contributed by atoms with Crippen molar-refractivity contribution in [3.05, 3.63) is 23.1 Å². The number of rotatable bonds is 7. The number of halogens is 1. The van der Waals surface area contributed by atoms with E-state index in [-0.39, 0.29) is 0 Å². The average Bonchev–Trinajstić information content (AvgIpc) is 3.55. The summed E-state index contributed by atoms with van der Waals surface area (Å²) in [4.78, 5) is 9.30. The van der Waals surface area contributed by atoms with Gasteiger partial charge in [0.25, 0.3) is 0 Å². The van der Waals surface area contributed by atoms with Gasteiger partial charge in [0.05, 0.1) is 23.1 Å². The van der Waals surface area contributed by atoms with Crippen LogP contribution in [0.1, 0.15) is 69.9 Å². The molecule has 7 nitrogen and oxygen atoms in total. The summed E-state index contributed by atoms with van der Waals surface area (Å²) in [5.41, 5.74) is 9.10. The van der Waals surface area contributed by atoms with Gasteiger partial charge in [-0.05, 0) is 76.5 Å². The molecule has 2 aromatic heterocycles. The van der Waals surface area contributed by atoms with Crippen molar-refractivity contribution in [3.63, 3.8) is 0 Å². The number of anilines is 1. The van der Waals surface area contributed by atoms with E-state index in [1.807, 2.05) is 17.9 Å². The van der Waals surface area contributed by atoms with Gasteiger partial charge in [0, 0.05) is 42.5 Å². The fourth-order valence-electron chi connectivity index (χ4n) is 5.33. The first kappa shape index (κ1) is 22.1. The van der Waals surface area contributed by atoms with Gasteiger partial charge in [0.1, 0.15) is 0 Å². The SMILES string of the molecule is Cn1ncc(-c2nc(N[C@H]3CC[C@H](N[C@H]4CC[C@@H](N)CC4)CC3)ncc2Cl)c1CC1CC1. The maximum atomic E-state index is 6.52. The van der Waals surface area contributed by atoms with Crippen molar-refractivity contribution in [3.8, 4) is 11.3 Å². The number of nitrogens with two attached hydrogens (primary N) is 1. The summed E-state index contributed by atoms with van der Waals surface area (Å²) in [6.45, 7) is 0. The van der Waals surface area contributed by atoms with E-state index in [1.54, 1.807) is 6.20 Å². The van der Waals surface area contributed by atoms with Crippen molar-refractivity contribution in [1.29, 1.82) is 0 Å². The zero-order valence-electron chi connectivity index (χ0n) is 19.1. The number of aryl methyl sites for hydroxylation is 1. The molecule has 4 N–H and O–H groups in total.